The quantitative estimate of drug-likeness (QED) is 0.259. The van der Waals surface area contributed by atoms with E-state index in [9.17, 15) is 29.4 Å². The molecule has 0 spiro atoms. The molecule has 0 bridgehead atoms. The predicted octanol–water partition coefficient (Wildman–Crippen LogP) is 4.35. The van der Waals surface area contributed by atoms with Crippen molar-refractivity contribution >= 4 is 35.1 Å². The largest absolute Gasteiger partial charge is 0.480 e. The van der Waals surface area contributed by atoms with E-state index in [1.165, 1.54) is 12.1 Å². The first kappa shape index (κ1) is 27.3. The average Bonchev–Trinajstić information content (AvgIpc) is 3.44. The van der Waals surface area contributed by atoms with Crippen LogP contribution in [-0.4, -0.2) is 52.7 Å². The Kier molecular flexibility index (Phi) is 8.57. The Morgan fingerprint density at radius 3 is 2.36 bits per heavy atom. The number of nitrogens with one attached hydrogen (secondary N) is 3. The second kappa shape index (κ2) is 12.2. The van der Waals surface area contributed by atoms with Crippen LogP contribution in [0.3, 0.4) is 0 Å². The summed E-state index contributed by atoms with van der Waals surface area (Å²) in [4.78, 5) is 48.8. The minimum absolute atomic E-state index is 0.0220. The number of para-hydroxylation sites is 1. The molecule has 0 radical (unpaired) electrons. The van der Waals surface area contributed by atoms with Gasteiger partial charge in [0.15, 0.2) is 11.9 Å². The molecule has 1 fully saturated rings. The van der Waals surface area contributed by atoms with Crippen molar-refractivity contribution in [2.24, 2.45) is 0 Å². The van der Waals surface area contributed by atoms with Gasteiger partial charge in [0, 0.05) is 17.8 Å². The van der Waals surface area contributed by atoms with E-state index < -0.39 is 24.1 Å². The Hall–Kier alpha value is -4.70. The third-order valence-electron chi connectivity index (χ3n) is 6.48. The van der Waals surface area contributed by atoms with Crippen LogP contribution in [0.5, 0.6) is 5.75 Å². The molecule has 5 N–H and O–H groups in total. The number of hydrogen-bond donors (Lipinski definition) is 5. The summed E-state index contributed by atoms with van der Waals surface area (Å²) in [6.07, 6.45) is 0.560. The summed E-state index contributed by atoms with van der Waals surface area (Å²) in [5.74, 6) is -2.95. The normalized spacial score (nSPS) is 15.3. The van der Waals surface area contributed by atoms with Crippen LogP contribution in [0, 0.1) is 6.92 Å². The molecule has 3 aromatic rings. The zero-order valence-corrected chi connectivity index (χ0v) is 21.3. The van der Waals surface area contributed by atoms with Crippen LogP contribution < -0.4 is 20.7 Å². The number of benzene rings is 3. The lowest BCUT2D eigenvalue weighted by molar-refractivity contribution is -0.126. The van der Waals surface area contributed by atoms with Crippen molar-refractivity contribution in [1.29, 1.82) is 0 Å². The molecule has 202 valence electrons. The van der Waals surface area contributed by atoms with Gasteiger partial charge in [0.05, 0.1) is 11.6 Å². The number of anilines is 2. The number of amides is 2. The number of ketones is 1. The Labute approximate surface area is 225 Å². The Balaban J connectivity index is 1.45. The second-order valence-corrected chi connectivity index (χ2v) is 9.30. The smallest absolute Gasteiger partial charge is 0.339 e. The Bertz CT molecular complexity index is 1380. The van der Waals surface area contributed by atoms with Gasteiger partial charge in [-0.3, -0.25) is 4.79 Å². The minimum atomic E-state index is -1.35. The van der Waals surface area contributed by atoms with Crippen molar-refractivity contribution in [2.75, 3.05) is 17.2 Å². The van der Waals surface area contributed by atoms with Gasteiger partial charge in [0.2, 0.25) is 0 Å². The highest BCUT2D eigenvalue weighted by Gasteiger charge is 2.33. The number of ether oxygens (including phenoxy) is 1. The van der Waals surface area contributed by atoms with Gasteiger partial charge in [0.1, 0.15) is 11.3 Å². The van der Waals surface area contributed by atoms with Crippen molar-refractivity contribution in [1.82, 2.24) is 5.32 Å². The van der Waals surface area contributed by atoms with E-state index in [1.807, 2.05) is 25.1 Å². The molecule has 4 rings (SSSR count). The zero-order chi connectivity index (χ0) is 27.9. The number of hydrogen-bond acceptors (Lipinski definition) is 6. The highest BCUT2D eigenvalue weighted by molar-refractivity contribution is 6.00. The lowest BCUT2D eigenvalue weighted by atomic mass is 9.98. The number of carbonyl (C=O) groups is 4. The topological polar surface area (TPSA) is 154 Å². The summed E-state index contributed by atoms with van der Waals surface area (Å²) in [6.45, 7) is 2.60. The van der Waals surface area contributed by atoms with Gasteiger partial charge < -0.3 is 30.9 Å². The lowest BCUT2D eigenvalue weighted by Gasteiger charge is -2.25. The van der Waals surface area contributed by atoms with E-state index in [0.717, 1.165) is 18.1 Å². The number of aryl methyl sites for hydroxylation is 1. The van der Waals surface area contributed by atoms with Crippen LogP contribution >= 0.6 is 0 Å². The molecule has 2 amide bonds. The number of urea groups is 1. The molecule has 1 heterocycles. The fourth-order valence-electron chi connectivity index (χ4n) is 4.42. The van der Waals surface area contributed by atoms with Crippen LogP contribution in [0.2, 0.25) is 0 Å². The van der Waals surface area contributed by atoms with Gasteiger partial charge in [-0.15, -0.1) is 0 Å². The number of rotatable bonds is 10. The van der Waals surface area contributed by atoms with Crippen molar-refractivity contribution in [2.45, 2.75) is 38.3 Å². The first-order chi connectivity index (χ1) is 18.7. The van der Waals surface area contributed by atoms with Gasteiger partial charge in [-0.2, -0.15) is 0 Å². The average molecular weight is 532 g/mol. The van der Waals surface area contributed by atoms with Crippen molar-refractivity contribution < 1.29 is 34.1 Å². The molecular formula is C29H29N3O7. The number of carboxylic acid groups (broad SMARTS) is 2. The summed E-state index contributed by atoms with van der Waals surface area (Å²) in [5.41, 5.74) is 2.35. The molecule has 2 atom stereocenters. The molecule has 0 saturated carbocycles. The van der Waals surface area contributed by atoms with E-state index >= 15 is 0 Å². The van der Waals surface area contributed by atoms with Crippen LogP contribution in [-0.2, 0) is 11.2 Å². The molecule has 3 aromatic carbocycles. The maximum atomic E-state index is 13.4. The summed E-state index contributed by atoms with van der Waals surface area (Å²) in [6, 6.07) is 17.1. The molecule has 39 heavy (non-hydrogen) atoms. The van der Waals surface area contributed by atoms with Crippen molar-refractivity contribution in [3.05, 3.63) is 89.0 Å². The highest BCUT2D eigenvalue weighted by Crippen LogP contribution is 2.25. The van der Waals surface area contributed by atoms with Gasteiger partial charge >= 0.3 is 18.0 Å². The molecular weight excluding hydrogens is 502 g/mol. The van der Waals surface area contributed by atoms with E-state index in [-0.39, 0.29) is 35.1 Å². The Morgan fingerprint density at radius 2 is 1.72 bits per heavy atom. The molecule has 1 aliphatic rings. The fraction of sp³-hybridized carbons (Fsp3) is 0.241. The monoisotopic (exact) mass is 531 g/mol. The number of carbonyl (C=O) groups excluding carboxylic acids is 2. The minimum Gasteiger partial charge on any atom is -0.480 e. The number of aromatic carboxylic acids is 2. The first-order valence-electron chi connectivity index (χ1n) is 12.5. The van der Waals surface area contributed by atoms with Crippen molar-refractivity contribution in [3.8, 4) is 5.75 Å². The fourth-order valence-corrected chi connectivity index (χ4v) is 4.42. The molecule has 0 aromatic heterocycles. The molecule has 10 heteroatoms. The molecule has 0 aliphatic carbocycles. The third-order valence-corrected chi connectivity index (χ3v) is 6.48. The number of carboxylic acids is 2. The summed E-state index contributed by atoms with van der Waals surface area (Å²) >= 11 is 0. The molecule has 1 aliphatic heterocycles. The van der Waals surface area contributed by atoms with Crippen molar-refractivity contribution in [3.63, 3.8) is 0 Å². The SMILES string of the molecule is Cc1ccccc1NC(=O)Nc1ccc(CC(=O)C(Oc2ccc(C(=O)O)cc2C(=O)O)C2CCCN2)cc1. The van der Waals surface area contributed by atoms with Gasteiger partial charge in [-0.05, 0) is 73.8 Å². The summed E-state index contributed by atoms with van der Waals surface area (Å²) in [5, 5.41) is 27.6. The lowest BCUT2D eigenvalue weighted by Crippen LogP contribution is -2.45. The van der Waals surface area contributed by atoms with Gasteiger partial charge in [-0.1, -0.05) is 30.3 Å². The van der Waals surface area contributed by atoms with E-state index in [2.05, 4.69) is 16.0 Å². The maximum Gasteiger partial charge on any atom is 0.339 e. The van der Waals surface area contributed by atoms with E-state index in [1.54, 1.807) is 30.3 Å². The third kappa shape index (κ3) is 6.99. The van der Waals surface area contributed by atoms with E-state index in [0.29, 0.717) is 29.9 Å². The van der Waals surface area contributed by atoms with Gasteiger partial charge in [0.25, 0.3) is 0 Å². The highest BCUT2D eigenvalue weighted by atomic mass is 16.5. The number of Topliss-reactive ketones (excluding diaryl/α,β-unsaturated/α-hetero) is 1. The van der Waals surface area contributed by atoms with Crippen LogP contribution in [0.4, 0.5) is 16.2 Å². The first-order valence-corrected chi connectivity index (χ1v) is 12.5. The van der Waals surface area contributed by atoms with Crippen LogP contribution in [0.1, 0.15) is 44.7 Å². The van der Waals surface area contributed by atoms with Gasteiger partial charge in [-0.25, -0.2) is 14.4 Å². The van der Waals surface area contributed by atoms with Crippen LogP contribution in [0.25, 0.3) is 0 Å². The second-order valence-electron chi connectivity index (χ2n) is 9.30. The van der Waals surface area contributed by atoms with E-state index in [4.69, 9.17) is 4.74 Å². The predicted molar refractivity (Wildman–Crippen MR) is 145 cm³/mol. The summed E-state index contributed by atoms with van der Waals surface area (Å²) < 4.78 is 5.95. The van der Waals surface area contributed by atoms with Crippen LogP contribution in [0.15, 0.2) is 66.7 Å². The Morgan fingerprint density at radius 1 is 0.974 bits per heavy atom. The molecule has 1 saturated heterocycles. The molecule has 10 nitrogen and oxygen atoms in total. The standard InChI is InChI=1S/C29H29N3O7/c1-17-5-2-3-6-22(17)32-29(38)31-20-11-8-18(9-12-20)15-24(33)26(23-7-4-14-30-23)39-25-13-10-19(27(34)35)16-21(25)28(36)37/h2-3,5-6,8-13,16,23,26,30H,4,7,14-15H2,1H3,(H,34,35)(H,36,37)(H2,31,32,38). The summed E-state index contributed by atoms with van der Waals surface area (Å²) in [7, 11) is 0. The zero-order valence-electron chi connectivity index (χ0n) is 21.3. The maximum absolute atomic E-state index is 13.4. The molecule has 2 unspecified atom stereocenters.